The fourth-order valence-electron chi connectivity index (χ4n) is 3.07. The van der Waals surface area contributed by atoms with E-state index in [4.69, 9.17) is 4.74 Å². The minimum Gasteiger partial charge on any atom is -0.378 e. The van der Waals surface area contributed by atoms with Crippen molar-refractivity contribution >= 4 is 37.3 Å². The summed E-state index contributed by atoms with van der Waals surface area (Å²) < 4.78 is 34.2. The number of hydrogen-bond acceptors (Lipinski definition) is 4. The first-order chi connectivity index (χ1) is 13.0. The lowest BCUT2D eigenvalue weighted by atomic mass is 10.2. The van der Waals surface area contributed by atoms with Gasteiger partial charge in [-0.05, 0) is 55.0 Å². The fourth-order valence-corrected chi connectivity index (χ4v) is 4.84. The van der Waals surface area contributed by atoms with Crippen LogP contribution in [0.2, 0.25) is 0 Å². The summed E-state index contributed by atoms with van der Waals surface area (Å²) in [6.45, 7) is 5.69. The SMILES string of the molecule is CCCCN(c1ccc(N2CCOCC2)cc1)S(=O)(=O)c1ccc(Br)cc1. The van der Waals surface area contributed by atoms with Crippen LogP contribution < -0.4 is 9.21 Å². The van der Waals surface area contributed by atoms with Crippen molar-refractivity contribution in [1.29, 1.82) is 0 Å². The molecule has 0 aliphatic carbocycles. The van der Waals surface area contributed by atoms with Gasteiger partial charge in [0.15, 0.2) is 0 Å². The number of rotatable bonds is 7. The number of anilines is 2. The van der Waals surface area contributed by atoms with Gasteiger partial charge in [0, 0.05) is 29.8 Å². The summed E-state index contributed by atoms with van der Waals surface area (Å²) in [4.78, 5) is 2.56. The molecule has 1 heterocycles. The summed E-state index contributed by atoms with van der Waals surface area (Å²) >= 11 is 3.36. The van der Waals surface area contributed by atoms with Gasteiger partial charge < -0.3 is 9.64 Å². The van der Waals surface area contributed by atoms with Crippen LogP contribution in [0.1, 0.15) is 19.8 Å². The third-order valence-electron chi connectivity index (χ3n) is 4.63. The van der Waals surface area contributed by atoms with Crippen molar-refractivity contribution < 1.29 is 13.2 Å². The van der Waals surface area contributed by atoms with Crippen molar-refractivity contribution in [2.75, 3.05) is 42.1 Å². The largest absolute Gasteiger partial charge is 0.378 e. The van der Waals surface area contributed by atoms with Crippen LogP contribution in [-0.4, -0.2) is 41.3 Å². The number of benzene rings is 2. The smallest absolute Gasteiger partial charge is 0.264 e. The van der Waals surface area contributed by atoms with Gasteiger partial charge in [-0.1, -0.05) is 29.3 Å². The quantitative estimate of drug-likeness (QED) is 0.628. The van der Waals surface area contributed by atoms with E-state index in [2.05, 4.69) is 27.8 Å². The molecule has 0 spiro atoms. The first-order valence-corrected chi connectivity index (χ1v) is 11.5. The molecule has 146 valence electrons. The van der Waals surface area contributed by atoms with Crippen molar-refractivity contribution in [3.63, 3.8) is 0 Å². The minimum absolute atomic E-state index is 0.305. The Hall–Kier alpha value is -1.57. The lowest BCUT2D eigenvalue weighted by molar-refractivity contribution is 0.122. The van der Waals surface area contributed by atoms with Crippen LogP contribution in [0, 0.1) is 0 Å². The summed E-state index contributed by atoms with van der Waals surface area (Å²) in [7, 11) is -3.60. The molecule has 0 radical (unpaired) electrons. The van der Waals surface area contributed by atoms with Gasteiger partial charge in [0.1, 0.15) is 0 Å². The van der Waals surface area contributed by atoms with Crippen molar-refractivity contribution in [3.8, 4) is 0 Å². The lowest BCUT2D eigenvalue weighted by Crippen LogP contribution is -2.36. The molecule has 1 fully saturated rings. The Morgan fingerprint density at radius 2 is 1.67 bits per heavy atom. The second-order valence-electron chi connectivity index (χ2n) is 6.50. The molecular weight excluding hydrogens is 428 g/mol. The Balaban J connectivity index is 1.88. The third kappa shape index (κ3) is 4.83. The Kier molecular flexibility index (Phi) is 6.78. The molecule has 2 aromatic rings. The number of sulfonamides is 1. The summed E-state index contributed by atoms with van der Waals surface area (Å²) in [5, 5.41) is 0. The molecule has 27 heavy (non-hydrogen) atoms. The van der Waals surface area contributed by atoms with Gasteiger partial charge >= 0.3 is 0 Å². The van der Waals surface area contributed by atoms with Gasteiger partial charge in [-0.2, -0.15) is 0 Å². The van der Waals surface area contributed by atoms with Crippen LogP contribution >= 0.6 is 15.9 Å². The summed E-state index contributed by atoms with van der Waals surface area (Å²) in [6.07, 6.45) is 1.74. The molecule has 0 atom stereocenters. The monoisotopic (exact) mass is 452 g/mol. The second-order valence-corrected chi connectivity index (χ2v) is 9.28. The molecule has 3 rings (SSSR count). The molecule has 0 aromatic heterocycles. The predicted octanol–water partition coefficient (Wildman–Crippen LogP) is 4.28. The van der Waals surface area contributed by atoms with Crippen molar-refractivity contribution in [1.82, 2.24) is 0 Å². The van der Waals surface area contributed by atoms with E-state index in [1.54, 1.807) is 24.3 Å². The summed E-state index contributed by atoms with van der Waals surface area (Å²) in [5.41, 5.74) is 1.79. The molecule has 1 aliphatic rings. The highest BCUT2D eigenvalue weighted by atomic mass is 79.9. The highest BCUT2D eigenvalue weighted by Crippen LogP contribution is 2.28. The Morgan fingerprint density at radius 1 is 1.04 bits per heavy atom. The Morgan fingerprint density at radius 3 is 2.26 bits per heavy atom. The number of ether oxygens (including phenoxy) is 1. The number of morpholine rings is 1. The zero-order valence-corrected chi connectivity index (χ0v) is 17.9. The normalized spacial score (nSPS) is 15.0. The van der Waals surface area contributed by atoms with E-state index in [9.17, 15) is 8.42 Å². The first kappa shape index (κ1) is 20.2. The predicted molar refractivity (Wildman–Crippen MR) is 113 cm³/mol. The maximum Gasteiger partial charge on any atom is 0.264 e. The first-order valence-electron chi connectivity index (χ1n) is 9.23. The van der Waals surface area contributed by atoms with E-state index in [1.807, 2.05) is 24.3 Å². The zero-order chi connectivity index (χ0) is 19.3. The fraction of sp³-hybridized carbons (Fsp3) is 0.400. The van der Waals surface area contributed by atoms with E-state index < -0.39 is 10.0 Å². The summed E-state index contributed by atoms with van der Waals surface area (Å²) in [6, 6.07) is 14.6. The lowest BCUT2D eigenvalue weighted by Gasteiger charge is -2.30. The molecule has 0 saturated carbocycles. The van der Waals surface area contributed by atoms with Crippen LogP contribution in [0.3, 0.4) is 0 Å². The van der Waals surface area contributed by atoms with E-state index >= 15 is 0 Å². The van der Waals surface area contributed by atoms with Gasteiger partial charge in [-0.15, -0.1) is 0 Å². The molecule has 1 saturated heterocycles. The highest BCUT2D eigenvalue weighted by Gasteiger charge is 2.24. The molecule has 5 nitrogen and oxygen atoms in total. The Bertz CT molecular complexity index is 833. The van der Waals surface area contributed by atoms with E-state index in [0.717, 1.165) is 49.3 Å². The second kappa shape index (κ2) is 9.08. The van der Waals surface area contributed by atoms with Crippen LogP contribution in [0.15, 0.2) is 57.9 Å². The summed E-state index contributed by atoms with van der Waals surface area (Å²) in [5.74, 6) is 0. The van der Waals surface area contributed by atoms with E-state index in [1.165, 1.54) is 4.31 Å². The van der Waals surface area contributed by atoms with Crippen LogP contribution in [0.5, 0.6) is 0 Å². The molecule has 0 unspecified atom stereocenters. The molecule has 1 aliphatic heterocycles. The van der Waals surface area contributed by atoms with Gasteiger partial charge in [-0.25, -0.2) is 8.42 Å². The molecule has 2 aromatic carbocycles. The van der Waals surface area contributed by atoms with E-state index in [-0.39, 0.29) is 0 Å². The molecule has 7 heteroatoms. The van der Waals surface area contributed by atoms with Crippen molar-refractivity contribution in [2.45, 2.75) is 24.7 Å². The number of halogens is 1. The minimum atomic E-state index is -3.60. The third-order valence-corrected chi connectivity index (χ3v) is 7.00. The number of unbranched alkanes of at least 4 members (excludes halogenated alkanes) is 1. The molecule has 0 bridgehead atoms. The van der Waals surface area contributed by atoms with Crippen LogP contribution in [0.4, 0.5) is 11.4 Å². The van der Waals surface area contributed by atoms with Gasteiger partial charge in [-0.3, -0.25) is 4.31 Å². The van der Waals surface area contributed by atoms with Crippen LogP contribution in [-0.2, 0) is 14.8 Å². The topological polar surface area (TPSA) is 49.9 Å². The molecular formula is C20H25BrN2O3S. The van der Waals surface area contributed by atoms with Crippen LogP contribution in [0.25, 0.3) is 0 Å². The highest BCUT2D eigenvalue weighted by molar-refractivity contribution is 9.10. The zero-order valence-electron chi connectivity index (χ0n) is 15.5. The molecule has 0 N–H and O–H groups in total. The number of hydrogen-bond donors (Lipinski definition) is 0. The van der Waals surface area contributed by atoms with Gasteiger partial charge in [0.05, 0.1) is 23.8 Å². The van der Waals surface area contributed by atoms with Crippen molar-refractivity contribution in [3.05, 3.63) is 53.0 Å². The van der Waals surface area contributed by atoms with E-state index in [0.29, 0.717) is 17.1 Å². The van der Waals surface area contributed by atoms with Crippen molar-refractivity contribution in [2.24, 2.45) is 0 Å². The maximum absolute atomic E-state index is 13.2. The average molecular weight is 453 g/mol. The molecule has 0 amide bonds. The van der Waals surface area contributed by atoms with Gasteiger partial charge in [0.25, 0.3) is 10.0 Å². The van der Waals surface area contributed by atoms with Gasteiger partial charge in [0.2, 0.25) is 0 Å². The average Bonchev–Trinajstić information content (AvgIpc) is 2.70. The maximum atomic E-state index is 13.2. The number of nitrogens with zero attached hydrogens (tertiary/aromatic N) is 2. The standard InChI is InChI=1S/C20H25BrN2O3S/c1-2-3-12-23(27(24,25)20-10-4-17(21)5-11-20)19-8-6-18(7-9-19)22-13-15-26-16-14-22/h4-11H,2-3,12-16H2,1H3. The Labute approximate surface area is 170 Å².